The average molecular weight is 205 g/mol. The van der Waals surface area contributed by atoms with E-state index < -0.39 is 4.33 Å². The number of benzene rings is 1. The van der Waals surface area contributed by atoms with Crippen LogP contribution < -0.4 is 0 Å². The largest absolute Gasteiger partial charge is 0.508 e. The number of hydrogen-bond acceptors (Lipinski definition) is 1. The molecule has 0 aliphatic carbocycles. The van der Waals surface area contributed by atoms with E-state index in [4.69, 9.17) is 23.2 Å². The van der Waals surface area contributed by atoms with Crippen molar-refractivity contribution in [3.05, 3.63) is 29.3 Å². The Balaban J connectivity index is 3.23. The Labute approximate surface area is 81.9 Å². The van der Waals surface area contributed by atoms with E-state index in [0.717, 1.165) is 5.56 Å². The van der Waals surface area contributed by atoms with Crippen LogP contribution in [0.2, 0.25) is 0 Å². The van der Waals surface area contributed by atoms with E-state index in [1.165, 1.54) is 0 Å². The number of hydrogen-bond donors (Lipinski definition) is 1. The fourth-order valence-electron chi connectivity index (χ4n) is 1.00. The van der Waals surface area contributed by atoms with Crippen molar-refractivity contribution in [1.29, 1.82) is 0 Å². The van der Waals surface area contributed by atoms with Gasteiger partial charge in [-0.2, -0.15) is 0 Å². The van der Waals surface area contributed by atoms with Gasteiger partial charge >= 0.3 is 0 Å². The molecule has 0 radical (unpaired) electrons. The molecule has 0 aliphatic heterocycles. The highest BCUT2D eigenvalue weighted by Gasteiger charge is 2.22. The molecule has 0 heterocycles. The molecule has 0 saturated carbocycles. The molecule has 1 rings (SSSR count). The molecule has 0 spiro atoms. The quantitative estimate of drug-likeness (QED) is 0.697. The van der Waals surface area contributed by atoms with Crippen LogP contribution in [-0.4, -0.2) is 5.11 Å². The van der Waals surface area contributed by atoms with E-state index in [9.17, 15) is 5.11 Å². The van der Waals surface area contributed by atoms with Gasteiger partial charge in [-0.1, -0.05) is 34.8 Å². The summed E-state index contributed by atoms with van der Waals surface area (Å²) < 4.78 is -1.03. The molecule has 3 heteroatoms. The Hall–Kier alpha value is -0.400. The molecule has 12 heavy (non-hydrogen) atoms. The van der Waals surface area contributed by atoms with Crippen LogP contribution in [0.5, 0.6) is 5.75 Å². The van der Waals surface area contributed by atoms with Crippen LogP contribution in [0, 0.1) is 6.92 Å². The predicted molar refractivity (Wildman–Crippen MR) is 51.9 cm³/mol. The number of rotatable bonds is 1. The molecular formula is C9H10Cl2O. The van der Waals surface area contributed by atoms with E-state index >= 15 is 0 Å². The van der Waals surface area contributed by atoms with Crippen LogP contribution in [0.3, 0.4) is 0 Å². The van der Waals surface area contributed by atoms with E-state index in [1.54, 1.807) is 25.1 Å². The lowest BCUT2D eigenvalue weighted by Crippen LogP contribution is -2.04. The number of phenolic OH excluding ortho intramolecular Hbond substituents is 1. The number of alkyl halides is 2. The van der Waals surface area contributed by atoms with Gasteiger partial charge in [0.15, 0.2) is 0 Å². The minimum Gasteiger partial charge on any atom is -0.508 e. The highest BCUT2D eigenvalue weighted by Crippen LogP contribution is 2.38. The Morgan fingerprint density at radius 3 is 2.33 bits per heavy atom. The molecule has 66 valence electrons. The number of aryl methyl sites for hydroxylation is 1. The standard InChI is InChI=1S/C9H10Cl2O/c1-6-3-4-8(12)7(5-6)9(2,10)11/h3-5,12H,1-2H3. The van der Waals surface area contributed by atoms with Crippen molar-refractivity contribution in [3.8, 4) is 5.75 Å². The zero-order chi connectivity index (χ0) is 9.35. The smallest absolute Gasteiger partial charge is 0.143 e. The third kappa shape index (κ3) is 2.05. The summed E-state index contributed by atoms with van der Waals surface area (Å²) in [5.74, 6) is 0.133. The number of aromatic hydroxyl groups is 1. The predicted octanol–water partition coefficient (Wildman–Crippen LogP) is 3.35. The van der Waals surface area contributed by atoms with Gasteiger partial charge in [-0.15, -0.1) is 0 Å². The topological polar surface area (TPSA) is 20.2 Å². The number of phenols is 1. The molecule has 0 aliphatic rings. The molecule has 0 saturated heterocycles. The molecular weight excluding hydrogens is 195 g/mol. The lowest BCUT2D eigenvalue weighted by Gasteiger charge is -2.15. The normalized spacial score (nSPS) is 11.7. The Morgan fingerprint density at radius 2 is 1.92 bits per heavy atom. The summed E-state index contributed by atoms with van der Waals surface area (Å²) in [5, 5.41) is 9.40. The summed E-state index contributed by atoms with van der Waals surface area (Å²) in [5.41, 5.74) is 1.57. The maximum Gasteiger partial charge on any atom is 0.143 e. The second kappa shape index (κ2) is 3.15. The fourth-order valence-corrected chi connectivity index (χ4v) is 1.30. The van der Waals surface area contributed by atoms with E-state index in [0.29, 0.717) is 5.56 Å². The van der Waals surface area contributed by atoms with E-state index in [-0.39, 0.29) is 5.75 Å². The van der Waals surface area contributed by atoms with E-state index in [1.807, 2.05) is 6.92 Å². The molecule has 1 aromatic carbocycles. The van der Waals surface area contributed by atoms with Gasteiger partial charge in [0.1, 0.15) is 10.1 Å². The minimum atomic E-state index is -1.03. The Morgan fingerprint density at radius 1 is 1.33 bits per heavy atom. The second-order valence-corrected chi connectivity index (χ2v) is 4.61. The monoisotopic (exact) mass is 204 g/mol. The molecule has 1 aromatic rings. The van der Waals surface area contributed by atoms with Crippen molar-refractivity contribution in [2.45, 2.75) is 18.2 Å². The zero-order valence-electron chi connectivity index (χ0n) is 6.94. The maximum atomic E-state index is 9.40. The first-order valence-electron chi connectivity index (χ1n) is 3.59. The second-order valence-electron chi connectivity index (χ2n) is 2.91. The summed E-state index contributed by atoms with van der Waals surface area (Å²) in [6, 6.07) is 5.17. The lowest BCUT2D eigenvalue weighted by atomic mass is 10.1. The maximum absolute atomic E-state index is 9.40. The van der Waals surface area contributed by atoms with Gasteiger partial charge < -0.3 is 5.11 Å². The Kier molecular flexibility index (Phi) is 2.55. The molecule has 1 N–H and O–H groups in total. The van der Waals surface area contributed by atoms with Crippen LogP contribution >= 0.6 is 23.2 Å². The zero-order valence-corrected chi connectivity index (χ0v) is 8.45. The van der Waals surface area contributed by atoms with Crippen molar-refractivity contribution >= 4 is 23.2 Å². The van der Waals surface area contributed by atoms with Crippen molar-refractivity contribution in [2.24, 2.45) is 0 Å². The lowest BCUT2D eigenvalue weighted by molar-refractivity contribution is 0.466. The van der Waals surface area contributed by atoms with Crippen molar-refractivity contribution in [3.63, 3.8) is 0 Å². The van der Waals surface area contributed by atoms with Gasteiger partial charge in [0.05, 0.1) is 0 Å². The molecule has 0 unspecified atom stereocenters. The van der Waals surface area contributed by atoms with Crippen molar-refractivity contribution in [2.75, 3.05) is 0 Å². The minimum absolute atomic E-state index is 0.133. The van der Waals surface area contributed by atoms with Gasteiger partial charge in [-0.3, -0.25) is 0 Å². The van der Waals surface area contributed by atoms with Crippen LogP contribution in [0.15, 0.2) is 18.2 Å². The van der Waals surface area contributed by atoms with Crippen LogP contribution in [0.4, 0.5) is 0 Å². The Bertz CT molecular complexity index is 289. The first-order chi connectivity index (χ1) is 5.41. The first kappa shape index (κ1) is 9.69. The van der Waals surface area contributed by atoms with Crippen molar-refractivity contribution < 1.29 is 5.11 Å². The third-order valence-corrected chi connectivity index (χ3v) is 2.03. The molecule has 0 aromatic heterocycles. The SMILES string of the molecule is Cc1ccc(O)c(C(C)(Cl)Cl)c1. The van der Waals surface area contributed by atoms with Gasteiger partial charge in [-0.25, -0.2) is 0 Å². The van der Waals surface area contributed by atoms with Gasteiger partial charge in [-0.05, 0) is 26.0 Å². The summed E-state index contributed by atoms with van der Waals surface area (Å²) in [7, 11) is 0. The first-order valence-corrected chi connectivity index (χ1v) is 4.35. The summed E-state index contributed by atoms with van der Waals surface area (Å²) in [4.78, 5) is 0. The molecule has 1 nitrogen and oxygen atoms in total. The third-order valence-electron chi connectivity index (χ3n) is 1.62. The van der Waals surface area contributed by atoms with Crippen LogP contribution in [0.25, 0.3) is 0 Å². The van der Waals surface area contributed by atoms with E-state index in [2.05, 4.69) is 0 Å². The van der Waals surface area contributed by atoms with Crippen LogP contribution in [-0.2, 0) is 4.33 Å². The summed E-state index contributed by atoms with van der Waals surface area (Å²) >= 11 is 11.7. The summed E-state index contributed by atoms with van der Waals surface area (Å²) in [6.45, 7) is 3.55. The highest BCUT2D eigenvalue weighted by molar-refractivity contribution is 6.47. The van der Waals surface area contributed by atoms with Crippen LogP contribution in [0.1, 0.15) is 18.1 Å². The summed E-state index contributed by atoms with van der Waals surface area (Å²) in [6.07, 6.45) is 0. The molecule has 0 atom stereocenters. The fraction of sp³-hybridized carbons (Fsp3) is 0.333. The van der Waals surface area contributed by atoms with Gasteiger partial charge in [0, 0.05) is 5.56 Å². The van der Waals surface area contributed by atoms with Gasteiger partial charge in [0.2, 0.25) is 0 Å². The van der Waals surface area contributed by atoms with Crippen molar-refractivity contribution in [1.82, 2.24) is 0 Å². The average Bonchev–Trinajstić information content (AvgIpc) is 1.92. The molecule has 0 fully saturated rings. The van der Waals surface area contributed by atoms with Gasteiger partial charge in [0.25, 0.3) is 0 Å². The molecule has 0 bridgehead atoms. The molecule has 0 amide bonds. The highest BCUT2D eigenvalue weighted by atomic mass is 35.5. The number of halogens is 2.